The second-order valence-corrected chi connectivity index (χ2v) is 5.83. The molecular formula is C17H29N3O. The summed E-state index contributed by atoms with van der Waals surface area (Å²) < 4.78 is 5.61. The number of likely N-dealkylation sites (N-methyl/N-ethyl adjacent to an activating group) is 1. The molecule has 1 aliphatic rings. The van der Waals surface area contributed by atoms with Gasteiger partial charge in [-0.2, -0.15) is 0 Å². The van der Waals surface area contributed by atoms with Gasteiger partial charge < -0.3 is 19.9 Å². The van der Waals surface area contributed by atoms with Crippen molar-refractivity contribution in [3.05, 3.63) is 23.8 Å². The van der Waals surface area contributed by atoms with Crippen LogP contribution < -0.4 is 15.0 Å². The Hall–Kier alpha value is -1.26. The maximum Gasteiger partial charge on any atom is 0.142 e. The molecule has 0 unspecified atom stereocenters. The zero-order valence-electron chi connectivity index (χ0n) is 13.7. The predicted octanol–water partition coefficient (Wildman–Crippen LogP) is 2.34. The largest absolute Gasteiger partial charge is 0.495 e. The molecule has 0 aliphatic carbocycles. The van der Waals surface area contributed by atoms with Crippen LogP contribution in [0, 0.1) is 0 Å². The number of hydrogen-bond donors (Lipinski definition) is 1. The van der Waals surface area contributed by atoms with Crippen molar-refractivity contribution < 1.29 is 4.74 Å². The summed E-state index contributed by atoms with van der Waals surface area (Å²) >= 11 is 0. The highest BCUT2D eigenvalue weighted by molar-refractivity contribution is 5.60. The maximum absolute atomic E-state index is 5.61. The van der Waals surface area contributed by atoms with Crippen LogP contribution in [0.15, 0.2) is 18.2 Å². The van der Waals surface area contributed by atoms with Crippen molar-refractivity contribution in [3.8, 4) is 5.75 Å². The summed E-state index contributed by atoms with van der Waals surface area (Å²) in [5.74, 6) is 0.995. The summed E-state index contributed by atoms with van der Waals surface area (Å²) in [6.45, 7) is 8.59. The molecule has 2 rings (SSSR count). The monoisotopic (exact) mass is 291 g/mol. The smallest absolute Gasteiger partial charge is 0.142 e. The minimum absolute atomic E-state index is 0.916. The molecule has 1 aromatic carbocycles. The Kier molecular flexibility index (Phi) is 6.33. The molecule has 1 heterocycles. The highest BCUT2D eigenvalue weighted by atomic mass is 16.5. The lowest BCUT2D eigenvalue weighted by molar-refractivity contribution is 0.311. The van der Waals surface area contributed by atoms with Crippen molar-refractivity contribution in [3.63, 3.8) is 0 Å². The molecule has 0 radical (unpaired) electrons. The van der Waals surface area contributed by atoms with Gasteiger partial charge >= 0.3 is 0 Å². The van der Waals surface area contributed by atoms with Gasteiger partial charge in [0.05, 0.1) is 12.8 Å². The van der Waals surface area contributed by atoms with Crippen molar-refractivity contribution in [2.24, 2.45) is 0 Å². The SMILES string of the molecule is CCCCNCc1ccc(N2CCN(C)CC2)c(OC)c1. The molecule has 0 aromatic heterocycles. The van der Waals surface area contributed by atoms with E-state index in [0.29, 0.717) is 0 Å². The average molecular weight is 291 g/mol. The number of ether oxygens (including phenoxy) is 1. The molecule has 4 heteroatoms. The second-order valence-electron chi connectivity index (χ2n) is 5.83. The number of benzene rings is 1. The zero-order valence-corrected chi connectivity index (χ0v) is 13.7. The highest BCUT2D eigenvalue weighted by Crippen LogP contribution is 2.30. The Balaban J connectivity index is 1.99. The van der Waals surface area contributed by atoms with E-state index in [1.165, 1.54) is 24.1 Å². The van der Waals surface area contributed by atoms with Gasteiger partial charge in [-0.3, -0.25) is 0 Å². The molecule has 118 valence electrons. The Morgan fingerprint density at radius 3 is 2.62 bits per heavy atom. The van der Waals surface area contributed by atoms with Crippen LogP contribution in [0.1, 0.15) is 25.3 Å². The Morgan fingerprint density at radius 1 is 1.19 bits per heavy atom. The van der Waals surface area contributed by atoms with E-state index in [2.05, 4.69) is 47.3 Å². The topological polar surface area (TPSA) is 27.7 Å². The molecular weight excluding hydrogens is 262 g/mol. The average Bonchev–Trinajstić information content (AvgIpc) is 2.52. The third-order valence-electron chi connectivity index (χ3n) is 4.12. The van der Waals surface area contributed by atoms with E-state index in [4.69, 9.17) is 4.74 Å². The first-order valence-electron chi connectivity index (χ1n) is 8.05. The van der Waals surface area contributed by atoms with Gasteiger partial charge in [-0.15, -0.1) is 0 Å². The van der Waals surface area contributed by atoms with Gasteiger partial charge in [0, 0.05) is 32.7 Å². The lowest BCUT2D eigenvalue weighted by atomic mass is 10.1. The fourth-order valence-corrected chi connectivity index (χ4v) is 2.68. The highest BCUT2D eigenvalue weighted by Gasteiger charge is 2.17. The minimum Gasteiger partial charge on any atom is -0.495 e. The fourth-order valence-electron chi connectivity index (χ4n) is 2.68. The van der Waals surface area contributed by atoms with Crippen LogP contribution in [-0.2, 0) is 6.54 Å². The number of nitrogens with one attached hydrogen (secondary N) is 1. The number of rotatable bonds is 7. The van der Waals surface area contributed by atoms with Gasteiger partial charge in [-0.1, -0.05) is 19.4 Å². The molecule has 21 heavy (non-hydrogen) atoms. The quantitative estimate of drug-likeness (QED) is 0.780. The number of unbranched alkanes of at least 4 members (excludes halogenated alkanes) is 1. The van der Waals surface area contributed by atoms with Crippen molar-refractivity contribution >= 4 is 5.69 Å². The molecule has 1 N–H and O–H groups in total. The van der Waals surface area contributed by atoms with E-state index in [1.54, 1.807) is 7.11 Å². The molecule has 0 amide bonds. The molecule has 0 saturated carbocycles. The van der Waals surface area contributed by atoms with Gasteiger partial charge in [0.25, 0.3) is 0 Å². The van der Waals surface area contributed by atoms with Crippen LogP contribution >= 0.6 is 0 Å². The number of methoxy groups -OCH3 is 1. The third-order valence-corrected chi connectivity index (χ3v) is 4.12. The number of nitrogens with zero attached hydrogens (tertiary/aromatic N) is 2. The number of anilines is 1. The summed E-state index contributed by atoms with van der Waals surface area (Å²) in [6.07, 6.45) is 2.47. The van der Waals surface area contributed by atoms with Crippen molar-refractivity contribution in [1.82, 2.24) is 10.2 Å². The first kappa shape index (κ1) is 16.1. The molecule has 1 saturated heterocycles. The molecule has 0 bridgehead atoms. The van der Waals surface area contributed by atoms with Crippen molar-refractivity contribution in [2.75, 3.05) is 51.8 Å². The van der Waals surface area contributed by atoms with Crippen LogP contribution in [0.4, 0.5) is 5.69 Å². The summed E-state index contributed by atoms with van der Waals surface area (Å²) in [7, 11) is 3.95. The van der Waals surface area contributed by atoms with Crippen molar-refractivity contribution in [1.29, 1.82) is 0 Å². The van der Waals surface area contributed by atoms with Crippen LogP contribution in [0.3, 0.4) is 0 Å². The van der Waals surface area contributed by atoms with E-state index >= 15 is 0 Å². The Labute approximate surface area is 129 Å². The van der Waals surface area contributed by atoms with E-state index in [-0.39, 0.29) is 0 Å². The summed E-state index contributed by atoms with van der Waals surface area (Å²) in [6, 6.07) is 6.60. The lowest BCUT2D eigenvalue weighted by Crippen LogP contribution is -2.44. The molecule has 1 aliphatic heterocycles. The minimum atomic E-state index is 0.916. The third kappa shape index (κ3) is 4.61. The molecule has 1 fully saturated rings. The molecule has 4 nitrogen and oxygen atoms in total. The van der Waals surface area contributed by atoms with E-state index < -0.39 is 0 Å². The van der Waals surface area contributed by atoms with Crippen LogP contribution in [0.5, 0.6) is 5.75 Å². The molecule has 0 atom stereocenters. The van der Waals surface area contributed by atoms with Gasteiger partial charge in [0.15, 0.2) is 0 Å². The lowest BCUT2D eigenvalue weighted by Gasteiger charge is -2.34. The molecule has 0 spiro atoms. The number of piperazine rings is 1. The van der Waals surface area contributed by atoms with E-state index in [9.17, 15) is 0 Å². The first-order valence-corrected chi connectivity index (χ1v) is 8.05. The van der Waals surface area contributed by atoms with Gasteiger partial charge in [-0.25, -0.2) is 0 Å². The van der Waals surface area contributed by atoms with E-state index in [0.717, 1.165) is 45.0 Å². The first-order chi connectivity index (χ1) is 10.2. The molecule has 1 aromatic rings. The van der Waals surface area contributed by atoms with Gasteiger partial charge in [0.2, 0.25) is 0 Å². The predicted molar refractivity (Wildman–Crippen MR) is 89.3 cm³/mol. The zero-order chi connectivity index (χ0) is 15.1. The second kappa shape index (κ2) is 8.25. The van der Waals surface area contributed by atoms with Crippen LogP contribution in [0.25, 0.3) is 0 Å². The van der Waals surface area contributed by atoms with Crippen LogP contribution in [-0.4, -0.2) is 51.8 Å². The Bertz CT molecular complexity index is 428. The van der Waals surface area contributed by atoms with Crippen molar-refractivity contribution in [2.45, 2.75) is 26.3 Å². The Morgan fingerprint density at radius 2 is 1.95 bits per heavy atom. The van der Waals surface area contributed by atoms with E-state index in [1.807, 2.05) is 0 Å². The van der Waals surface area contributed by atoms with Crippen LogP contribution in [0.2, 0.25) is 0 Å². The van der Waals surface area contributed by atoms with Gasteiger partial charge in [0.1, 0.15) is 5.75 Å². The summed E-state index contributed by atoms with van der Waals surface area (Å²) in [4.78, 5) is 4.79. The fraction of sp³-hybridized carbons (Fsp3) is 0.647. The summed E-state index contributed by atoms with van der Waals surface area (Å²) in [5, 5.41) is 3.48. The standard InChI is InChI=1S/C17H29N3O/c1-4-5-8-18-14-15-6-7-16(17(13-15)21-3)20-11-9-19(2)10-12-20/h6-7,13,18H,4-5,8-12,14H2,1-3H3. The summed E-state index contributed by atoms with van der Waals surface area (Å²) in [5.41, 5.74) is 2.52. The normalized spacial score (nSPS) is 16.2. The van der Waals surface area contributed by atoms with Gasteiger partial charge in [-0.05, 0) is 37.7 Å². The number of hydrogen-bond acceptors (Lipinski definition) is 4. The maximum atomic E-state index is 5.61.